The van der Waals surface area contributed by atoms with Crippen LogP contribution in [0.25, 0.3) is 0 Å². The highest BCUT2D eigenvalue weighted by Gasteiger charge is 2.31. The molecule has 2 N–H and O–H groups in total. The summed E-state index contributed by atoms with van der Waals surface area (Å²) in [6.45, 7) is 4.45. The van der Waals surface area contributed by atoms with Gasteiger partial charge in [-0.3, -0.25) is 9.52 Å². The number of sulfonamides is 1. The molecule has 13 heteroatoms. The number of nitrogens with one attached hydrogen (secondary N) is 2. The lowest BCUT2D eigenvalue weighted by Crippen LogP contribution is -2.46. The Morgan fingerprint density at radius 1 is 0.755 bits per heavy atom. The molecule has 0 atom stereocenters. The maximum Gasteiger partial charge on any atom is 0.573 e. The number of rotatable bonds is 10. The van der Waals surface area contributed by atoms with Crippen molar-refractivity contribution in [3.05, 3.63) is 103 Å². The number of carbonyl (C=O) groups excluding carboxylic acids is 1. The van der Waals surface area contributed by atoms with Gasteiger partial charge in [0.2, 0.25) is 0 Å². The average molecular weight is 695 g/mol. The molecule has 0 aliphatic carbocycles. The smallest absolute Gasteiger partial charge is 0.455 e. The first-order chi connectivity index (χ1) is 23.5. The first-order valence-electron chi connectivity index (χ1n) is 16.2. The van der Waals surface area contributed by atoms with Crippen molar-refractivity contribution < 1.29 is 35.9 Å². The summed E-state index contributed by atoms with van der Waals surface area (Å²) in [7, 11) is -4.10. The van der Waals surface area contributed by atoms with Crippen molar-refractivity contribution in [2.24, 2.45) is 0 Å². The summed E-state index contributed by atoms with van der Waals surface area (Å²) in [5, 5.41) is 2.87. The van der Waals surface area contributed by atoms with Crippen LogP contribution in [0.4, 0.5) is 30.2 Å². The van der Waals surface area contributed by atoms with Crippen LogP contribution < -0.4 is 24.4 Å². The Labute approximate surface area is 283 Å². The topological polar surface area (TPSA) is 100 Å². The van der Waals surface area contributed by atoms with Crippen molar-refractivity contribution in [3.8, 4) is 17.2 Å². The fourth-order valence-electron chi connectivity index (χ4n) is 6.20. The molecule has 49 heavy (non-hydrogen) atoms. The fourth-order valence-corrected chi connectivity index (χ4v) is 7.27. The fraction of sp³-hybridized carbons (Fsp3) is 0.306. The summed E-state index contributed by atoms with van der Waals surface area (Å²) in [4.78, 5) is 17.9. The van der Waals surface area contributed by atoms with Gasteiger partial charge in [0, 0.05) is 36.1 Å². The lowest BCUT2D eigenvalue weighted by Gasteiger charge is -2.41. The van der Waals surface area contributed by atoms with E-state index in [0.717, 1.165) is 43.8 Å². The van der Waals surface area contributed by atoms with E-state index in [9.17, 15) is 26.4 Å². The molecule has 2 aliphatic rings. The second-order valence-corrected chi connectivity index (χ2v) is 13.7. The van der Waals surface area contributed by atoms with Gasteiger partial charge in [0.25, 0.3) is 15.9 Å². The largest absolute Gasteiger partial charge is 0.573 e. The summed E-state index contributed by atoms with van der Waals surface area (Å²) < 4.78 is 75.9. The minimum Gasteiger partial charge on any atom is -0.455 e. The molecule has 0 bridgehead atoms. The van der Waals surface area contributed by atoms with E-state index in [0.29, 0.717) is 11.7 Å². The highest BCUT2D eigenvalue weighted by molar-refractivity contribution is 7.92. The zero-order valence-electron chi connectivity index (χ0n) is 26.7. The number of ether oxygens (including phenoxy) is 2. The van der Waals surface area contributed by atoms with Crippen LogP contribution in [-0.2, 0) is 10.0 Å². The van der Waals surface area contributed by atoms with Crippen LogP contribution in [0, 0.1) is 0 Å². The predicted octanol–water partition coefficient (Wildman–Crippen LogP) is 7.89. The van der Waals surface area contributed by atoms with Crippen LogP contribution in [0.2, 0.25) is 0 Å². The molecule has 2 aliphatic heterocycles. The Morgan fingerprint density at radius 2 is 1.39 bits per heavy atom. The lowest BCUT2D eigenvalue weighted by atomic mass is 9.99. The van der Waals surface area contributed by atoms with Crippen molar-refractivity contribution >= 4 is 33.0 Å². The molecule has 2 saturated heterocycles. The molecule has 0 radical (unpaired) electrons. The van der Waals surface area contributed by atoms with Crippen LogP contribution >= 0.6 is 0 Å². The minimum absolute atomic E-state index is 0.0825. The number of amides is 1. The van der Waals surface area contributed by atoms with E-state index in [1.54, 1.807) is 12.1 Å². The van der Waals surface area contributed by atoms with Gasteiger partial charge in [-0.2, -0.15) is 0 Å². The number of nitrogens with zero attached hydrogens (tertiary/aromatic N) is 2. The number of alkyl halides is 3. The number of anilines is 3. The Hall–Kier alpha value is -4.75. The molecule has 2 fully saturated rings. The summed E-state index contributed by atoms with van der Waals surface area (Å²) >= 11 is 0. The van der Waals surface area contributed by atoms with E-state index in [-0.39, 0.29) is 33.6 Å². The number of piperidine rings is 2. The summed E-state index contributed by atoms with van der Waals surface area (Å²) in [6, 6.07) is 24.9. The van der Waals surface area contributed by atoms with Gasteiger partial charge < -0.3 is 24.6 Å². The minimum atomic E-state index is -4.83. The third-order valence-electron chi connectivity index (χ3n) is 8.71. The van der Waals surface area contributed by atoms with Gasteiger partial charge in [-0.25, -0.2) is 8.42 Å². The van der Waals surface area contributed by atoms with Crippen molar-refractivity contribution in [1.29, 1.82) is 0 Å². The van der Waals surface area contributed by atoms with Gasteiger partial charge in [-0.15, -0.1) is 13.2 Å². The molecular weight excluding hydrogens is 657 g/mol. The van der Waals surface area contributed by atoms with Crippen molar-refractivity contribution in [2.45, 2.75) is 49.4 Å². The summed E-state index contributed by atoms with van der Waals surface area (Å²) in [6.07, 6.45) is 1.43. The third kappa shape index (κ3) is 9.04. The number of likely N-dealkylation sites (tertiary alicyclic amines) is 1. The predicted molar refractivity (Wildman–Crippen MR) is 182 cm³/mol. The van der Waals surface area contributed by atoms with E-state index in [2.05, 4.69) is 24.6 Å². The van der Waals surface area contributed by atoms with E-state index in [4.69, 9.17) is 4.74 Å². The molecule has 0 aromatic heterocycles. The third-order valence-corrected chi connectivity index (χ3v) is 10.1. The Bertz CT molecular complexity index is 1820. The van der Waals surface area contributed by atoms with Crippen molar-refractivity contribution in [1.82, 2.24) is 4.90 Å². The zero-order chi connectivity index (χ0) is 34.4. The van der Waals surface area contributed by atoms with E-state index < -0.39 is 22.1 Å². The first kappa shape index (κ1) is 34.1. The maximum absolute atomic E-state index is 13.2. The Kier molecular flexibility index (Phi) is 10.3. The highest BCUT2D eigenvalue weighted by Crippen LogP contribution is 2.33. The Balaban J connectivity index is 1.03. The second kappa shape index (κ2) is 14.8. The molecule has 1 amide bonds. The van der Waals surface area contributed by atoms with Crippen LogP contribution in [0.1, 0.15) is 42.5 Å². The molecule has 6 rings (SSSR count). The van der Waals surface area contributed by atoms with Gasteiger partial charge in [0.15, 0.2) is 5.75 Å². The number of para-hydroxylation sites is 2. The molecule has 258 valence electrons. The molecule has 4 aromatic rings. The number of benzene rings is 4. The van der Waals surface area contributed by atoms with Crippen LogP contribution in [0.3, 0.4) is 0 Å². The molecule has 0 spiro atoms. The number of carbonyl (C=O) groups is 1. The second-order valence-electron chi connectivity index (χ2n) is 12.1. The number of hydrogen-bond donors (Lipinski definition) is 2. The standard InChI is InChI=1S/C36H37F3N4O5S/c37-36(38,39)48-31-16-14-30(15-17-31)47-34-7-3-2-6-33(34)41-49(45,46)32-18-8-26(9-19-32)35(44)40-27-10-12-28(13-11-27)43-24-20-29(21-25-43)42-22-4-1-5-23-42/h2-3,6-19,29,41H,1,4-5,20-25H2,(H,40,44). The number of hydrogen-bond acceptors (Lipinski definition) is 7. The Morgan fingerprint density at radius 3 is 2.04 bits per heavy atom. The van der Waals surface area contributed by atoms with E-state index in [1.807, 2.05) is 24.3 Å². The lowest BCUT2D eigenvalue weighted by molar-refractivity contribution is -0.274. The van der Waals surface area contributed by atoms with Crippen LogP contribution in [-0.4, -0.2) is 57.8 Å². The SMILES string of the molecule is O=C(Nc1ccc(N2CCC(N3CCCCC3)CC2)cc1)c1ccc(S(=O)(=O)Nc2ccccc2Oc2ccc(OC(F)(F)F)cc2)cc1. The van der Waals surface area contributed by atoms with Gasteiger partial charge in [0.05, 0.1) is 10.6 Å². The van der Waals surface area contributed by atoms with Gasteiger partial charge in [-0.05, 0) is 124 Å². The highest BCUT2D eigenvalue weighted by atomic mass is 32.2. The molecule has 2 heterocycles. The van der Waals surface area contributed by atoms with Gasteiger partial charge >= 0.3 is 6.36 Å². The summed E-state index contributed by atoms with van der Waals surface area (Å²) in [5.41, 5.74) is 2.14. The molecule has 0 unspecified atom stereocenters. The van der Waals surface area contributed by atoms with Crippen LogP contribution in [0.15, 0.2) is 102 Å². The quantitative estimate of drug-likeness (QED) is 0.174. The maximum atomic E-state index is 13.2. The van der Waals surface area contributed by atoms with Crippen LogP contribution in [0.5, 0.6) is 17.2 Å². The number of halogens is 3. The monoisotopic (exact) mass is 694 g/mol. The molecular formula is C36H37F3N4O5S. The zero-order valence-corrected chi connectivity index (χ0v) is 27.5. The molecule has 9 nitrogen and oxygen atoms in total. The van der Waals surface area contributed by atoms with Gasteiger partial charge in [-0.1, -0.05) is 18.6 Å². The summed E-state index contributed by atoms with van der Waals surface area (Å²) in [5.74, 6) is -0.506. The van der Waals surface area contributed by atoms with E-state index in [1.165, 1.54) is 80.9 Å². The van der Waals surface area contributed by atoms with E-state index >= 15 is 0 Å². The molecule has 0 saturated carbocycles. The van der Waals surface area contributed by atoms with Gasteiger partial charge in [0.1, 0.15) is 11.5 Å². The molecule has 4 aromatic carbocycles. The average Bonchev–Trinajstić information content (AvgIpc) is 3.10. The van der Waals surface area contributed by atoms with Crippen molar-refractivity contribution in [3.63, 3.8) is 0 Å². The van der Waals surface area contributed by atoms with Crippen molar-refractivity contribution in [2.75, 3.05) is 41.1 Å². The first-order valence-corrected chi connectivity index (χ1v) is 17.7. The normalized spacial score (nSPS) is 16.2.